The van der Waals surface area contributed by atoms with Crippen molar-refractivity contribution in [3.05, 3.63) is 65.7 Å². The summed E-state index contributed by atoms with van der Waals surface area (Å²) in [6.07, 6.45) is 3.76. The van der Waals surface area contributed by atoms with Gasteiger partial charge in [-0.3, -0.25) is 19.3 Å². The minimum atomic E-state index is -0.170. The number of piperazine rings is 1. The maximum absolute atomic E-state index is 13.1. The third-order valence-corrected chi connectivity index (χ3v) is 7.49. The number of benzene rings is 2. The van der Waals surface area contributed by atoms with Crippen LogP contribution in [0.5, 0.6) is 0 Å². The van der Waals surface area contributed by atoms with Gasteiger partial charge in [0.15, 0.2) is 0 Å². The summed E-state index contributed by atoms with van der Waals surface area (Å²) in [6, 6.07) is 17.8. The summed E-state index contributed by atoms with van der Waals surface area (Å²) in [6.45, 7) is 3.74. The van der Waals surface area contributed by atoms with E-state index in [1.807, 2.05) is 35.2 Å². The van der Waals surface area contributed by atoms with Crippen LogP contribution >= 0.6 is 0 Å². The van der Waals surface area contributed by atoms with Gasteiger partial charge in [-0.15, -0.1) is 0 Å². The molecule has 5 rings (SSSR count). The summed E-state index contributed by atoms with van der Waals surface area (Å²) in [5.41, 5.74) is 2.69. The first-order chi connectivity index (χ1) is 16.1. The Hall–Kier alpha value is -3.15. The number of imide groups is 1. The first-order valence-corrected chi connectivity index (χ1v) is 12.1. The summed E-state index contributed by atoms with van der Waals surface area (Å²) in [7, 11) is 0. The van der Waals surface area contributed by atoms with Gasteiger partial charge in [0.1, 0.15) is 0 Å². The lowest BCUT2D eigenvalue weighted by molar-refractivity contribution is -0.137. The fourth-order valence-electron chi connectivity index (χ4n) is 5.52. The van der Waals surface area contributed by atoms with Crippen LogP contribution < -0.4 is 4.90 Å². The van der Waals surface area contributed by atoms with Crippen LogP contribution in [0.4, 0.5) is 5.69 Å². The van der Waals surface area contributed by atoms with Crippen LogP contribution in [0.3, 0.4) is 0 Å². The SMILES string of the molecule is O=C(C1CCC(CN2C(=O)Cc3ccccc3C2=O)CC1)N1CCN(c2ccccc2)CC1. The molecule has 172 valence electrons. The summed E-state index contributed by atoms with van der Waals surface area (Å²) in [4.78, 5) is 44.4. The minimum Gasteiger partial charge on any atom is -0.368 e. The normalized spacial score (nSPS) is 23.5. The number of para-hydroxylation sites is 1. The summed E-state index contributed by atoms with van der Waals surface area (Å²) in [5, 5.41) is 0. The Kier molecular flexibility index (Phi) is 6.16. The fourth-order valence-corrected chi connectivity index (χ4v) is 5.52. The zero-order valence-electron chi connectivity index (χ0n) is 19.0. The number of amides is 3. The lowest BCUT2D eigenvalue weighted by Gasteiger charge is -2.39. The summed E-state index contributed by atoms with van der Waals surface area (Å²) in [5.74, 6) is 0.352. The Morgan fingerprint density at radius 3 is 2.21 bits per heavy atom. The molecule has 1 saturated carbocycles. The number of rotatable bonds is 4. The molecule has 6 heteroatoms. The number of anilines is 1. The Balaban J connectivity index is 1.12. The van der Waals surface area contributed by atoms with E-state index in [-0.39, 0.29) is 29.6 Å². The molecule has 3 aliphatic rings. The first-order valence-electron chi connectivity index (χ1n) is 12.1. The molecule has 0 spiro atoms. The second-order valence-corrected chi connectivity index (χ2v) is 9.51. The molecule has 2 aromatic rings. The number of carbonyl (C=O) groups is 3. The molecule has 0 unspecified atom stereocenters. The van der Waals surface area contributed by atoms with Crippen LogP contribution in [0.2, 0.25) is 0 Å². The molecule has 0 atom stereocenters. The van der Waals surface area contributed by atoms with Gasteiger partial charge in [0.2, 0.25) is 11.8 Å². The van der Waals surface area contributed by atoms with Gasteiger partial charge < -0.3 is 9.80 Å². The van der Waals surface area contributed by atoms with Crippen LogP contribution in [0.1, 0.15) is 41.6 Å². The van der Waals surface area contributed by atoms with Crippen LogP contribution in [-0.4, -0.2) is 60.2 Å². The molecule has 0 N–H and O–H groups in total. The average Bonchev–Trinajstić information content (AvgIpc) is 2.87. The number of carbonyl (C=O) groups excluding carboxylic acids is 3. The molecule has 2 heterocycles. The quantitative estimate of drug-likeness (QED) is 0.677. The Labute approximate surface area is 195 Å². The van der Waals surface area contributed by atoms with Gasteiger partial charge in [-0.25, -0.2) is 0 Å². The van der Waals surface area contributed by atoms with Crippen molar-refractivity contribution in [2.24, 2.45) is 11.8 Å². The van der Waals surface area contributed by atoms with Crippen LogP contribution in [0, 0.1) is 11.8 Å². The van der Waals surface area contributed by atoms with Crippen molar-refractivity contribution in [2.75, 3.05) is 37.6 Å². The predicted molar refractivity (Wildman–Crippen MR) is 127 cm³/mol. The fraction of sp³-hybridized carbons (Fsp3) is 0.444. The monoisotopic (exact) mass is 445 g/mol. The van der Waals surface area contributed by atoms with E-state index in [0.29, 0.717) is 18.5 Å². The topological polar surface area (TPSA) is 60.9 Å². The molecule has 1 aliphatic carbocycles. The molecule has 3 amide bonds. The molecule has 6 nitrogen and oxygen atoms in total. The van der Waals surface area contributed by atoms with Crippen molar-refractivity contribution >= 4 is 23.4 Å². The predicted octanol–water partition coefficient (Wildman–Crippen LogP) is 3.37. The molecule has 2 aliphatic heterocycles. The van der Waals surface area contributed by atoms with Crippen LogP contribution in [0.15, 0.2) is 54.6 Å². The summed E-state index contributed by atoms with van der Waals surface area (Å²) >= 11 is 0. The van der Waals surface area contributed by atoms with Gasteiger partial charge in [0.25, 0.3) is 5.91 Å². The standard InChI is InChI=1S/C27H31N3O3/c31-25-18-22-6-4-5-9-24(22)27(33)30(25)19-20-10-12-21(13-11-20)26(32)29-16-14-28(15-17-29)23-7-2-1-3-8-23/h1-9,20-21H,10-19H2. The van der Waals surface area contributed by atoms with E-state index in [1.165, 1.54) is 10.6 Å². The Morgan fingerprint density at radius 2 is 1.48 bits per heavy atom. The summed E-state index contributed by atoms with van der Waals surface area (Å²) < 4.78 is 0. The number of nitrogens with zero attached hydrogens (tertiary/aromatic N) is 3. The highest BCUT2D eigenvalue weighted by molar-refractivity contribution is 6.09. The third kappa shape index (κ3) is 4.52. The molecule has 0 bridgehead atoms. The average molecular weight is 446 g/mol. The van der Waals surface area contributed by atoms with Crippen molar-refractivity contribution in [3.63, 3.8) is 0 Å². The van der Waals surface area contributed by atoms with Crippen molar-refractivity contribution in [1.29, 1.82) is 0 Å². The van der Waals surface area contributed by atoms with E-state index < -0.39 is 0 Å². The van der Waals surface area contributed by atoms with Gasteiger partial charge >= 0.3 is 0 Å². The second kappa shape index (κ2) is 9.38. The lowest BCUT2D eigenvalue weighted by Crippen LogP contribution is -2.51. The minimum absolute atomic E-state index is 0.0676. The maximum atomic E-state index is 13.1. The smallest absolute Gasteiger partial charge is 0.260 e. The van der Waals surface area contributed by atoms with Crippen LogP contribution in [-0.2, 0) is 16.0 Å². The molecular weight excluding hydrogens is 414 g/mol. The van der Waals surface area contributed by atoms with E-state index in [2.05, 4.69) is 29.2 Å². The van der Waals surface area contributed by atoms with E-state index in [0.717, 1.165) is 57.4 Å². The highest BCUT2D eigenvalue weighted by Crippen LogP contribution is 2.32. The largest absolute Gasteiger partial charge is 0.368 e. The van der Waals surface area contributed by atoms with E-state index in [4.69, 9.17) is 0 Å². The molecule has 1 saturated heterocycles. The van der Waals surface area contributed by atoms with Gasteiger partial charge in [-0.1, -0.05) is 36.4 Å². The van der Waals surface area contributed by atoms with E-state index in [9.17, 15) is 14.4 Å². The maximum Gasteiger partial charge on any atom is 0.260 e. The van der Waals surface area contributed by atoms with Gasteiger partial charge in [0, 0.05) is 49.9 Å². The molecule has 0 radical (unpaired) electrons. The van der Waals surface area contributed by atoms with Crippen molar-refractivity contribution in [2.45, 2.75) is 32.1 Å². The van der Waals surface area contributed by atoms with Crippen molar-refractivity contribution < 1.29 is 14.4 Å². The number of fused-ring (bicyclic) bond motifs is 1. The molecule has 2 aromatic carbocycles. The third-order valence-electron chi connectivity index (χ3n) is 7.49. The highest BCUT2D eigenvalue weighted by Gasteiger charge is 2.35. The van der Waals surface area contributed by atoms with Gasteiger partial charge in [0.05, 0.1) is 6.42 Å². The van der Waals surface area contributed by atoms with Crippen molar-refractivity contribution in [3.8, 4) is 0 Å². The molecular formula is C27H31N3O3. The number of hydrogen-bond acceptors (Lipinski definition) is 4. The zero-order valence-corrected chi connectivity index (χ0v) is 19.0. The highest BCUT2D eigenvalue weighted by atomic mass is 16.2. The van der Waals surface area contributed by atoms with E-state index >= 15 is 0 Å². The van der Waals surface area contributed by atoms with Gasteiger partial charge in [-0.2, -0.15) is 0 Å². The van der Waals surface area contributed by atoms with E-state index in [1.54, 1.807) is 0 Å². The zero-order chi connectivity index (χ0) is 22.8. The second-order valence-electron chi connectivity index (χ2n) is 9.51. The Morgan fingerprint density at radius 1 is 0.818 bits per heavy atom. The number of hydrogen-bond donors (Lipinski definition) is 0. The van der Waals surface area contributed by atoms with Crippen LogP contribution in [0.25, 0.3) is 0 Å². The molecule has 2 fully saturated rings. The molecule has 33 heavy (non-hydrogen) atoms. The lowest BCUT2D eigenvalue weighted by atomic mass is 9.80. The van der Waals surface area contributed by atoms with Crippen molar-refractivity contribution in [1.82, 2.24) is 9.80 Å². The molecule has 0 aromatic heterocycles. The van der Waals surface area contributed by atoms with Gasteiger partial charge in [-0.05, 0) is 55.4 Å². The first kappa shape index (κ1) is 21.7. The Bertz CT molecular complexity index is 1020.